The van der Waals surface area contributed by atoms with Crippen LogP contribution in [0.1, 0.15) is 28.5 Å². The smallest absolute Gasteiger partial charge is 0.277 e. The fraction of sp³-hybridized carbons (Fsp3) is 0.316. The largest absolute Gasteiger partial charge is 0.505 e. The molecule has 1 atom stereocenters. The van der Waals surface area contributed by atoms with Crippen molar-refractivity contribution in [2.24, 2.45) is 0 Å². The molecule has 2 aromatic rings. The molecule has 3 rings (SSSR count). The van der Waals surface area contributed by atoms with Crippen molar-refractivity contribution in [1.82, 2.24) is 14.8 Å². The number of hydrogen-bond donors (Lipinski definition) is 1. The number of hydrogen-bond acceptors (Lipinski definition) is 4. The highest BCUT2D eigenvalue weighted by molar-refractivity contribution is 5.98. The fourth-order valence-corrected chi connectivity index (χ4v) is 3.09. The lowest BCUT2D eigenvalue weighted by atomic mass is 10.1. The standard InChI is InChI=1S/C19H21N3O3/c1-13-5-3-6-15(11-13)12-21-9-10-22(14(2)18(21)24)19(25)17-16(23)7-4-8-20-17/h3-8,11,14,23H,9-10,12H2,1-2H3/t14-/m0/s1. The summed E-state index contributed by atoms with van der Waals surface area (Å²) in [6, 6.07) is 10.4. The topological polar surface area (TPSA) is 73.7 Å². The molecule has 0 spiro atoms. The number of piperazine rings is 1. The Bertz CT molecular complexity index is 806. The number of nitrogens with zero attached hydrogens (tertiary/aromatic N) is 3. The van der Waals surface area contributed by atoms with E-state index >= 15 is 0 Å². The Labute approximate surface area is 146 Å². The number of pyridine rings is 1. The minimum atomic E-state index is -0.590. The summed E-state index contributed by atoms with van der Waals surface area (Å²) in [6.07, 6.45) is 1.45. The van der Waals surface area contributed by atoms with Gasteiger partial charge in [0.15, 0.2) is 5.69 Å². The van der Waals surface area contributed by atoms with Gasteiger partial charge in [-0.25, -0.2) is 4.98 Å². The molecule has 1 aromatic carbocycles. The number of carbonyl (C=O) groups is 2. The molecule has 0 unspecified atom stereocenters. The second-order valence-electron chi connectivity index (χ2n) is 6.29. The molecule has 1 saturated heterocycles. The van der Waals surface area contributed by atoms with Gasteiger partial charge in [-0.3, -0.25) is 9.59 Å². The van der Waals surface area contributed by atoms with Crippen molar-refractivity contribution in [3.63, 3.8) is 0 Å². The van der Waals surface area contributed by atoms with Gasteiger partial charge < -0.3 is 14.9 Å². The summed E-state index contributed by atoms with van der Waals surface area (Å²) in [6.45, 7) is 5.12. The van der Waals surface area contributed by atoms with Gasteiger partial charge in [-0.15, -0.1) is 0 Å². The van der Waals surface area contributed by atoms with Crippen LogP contribution in [0.3, 0.4) is 0 Å². The van der Waals surface area contributed by atoms with Crippen LogP contribution >= 0.6 is 0 Å². The van der Waals surface area contributed by atoms with Gasteiger partial charge in [0, 0.05) is 25.8 Å². The minimum absolute atomic E-state index is 0.0192. The lowest BCUT2D eigenvalue weighted by Gasteiger charge is -2.39. The van der Waals surface area contributed by atoms with Crippen molar-refractivity contribution in [2.75, 3.05) is 13.1 Å². The van der Waals surface area contributed by atoms with Gasteiger partial charge in [-0.1, -0.05) is 29.8 Å². The summed E-state index contributed by atoms with van der Waals surface area (Å²) in [7, 11) is 0. The maximum Gasteiger partial charge on any atom is 0.277 e. The number of rotatable bonds is 3. The first-order valence-electron chi connectivity index (χ1n) is 8.26. The molecule has 2 heterocycles. The number of aromatic hydroxyl groups is 1. The zero-order valence-electron chi connectivity index (χ0n) is 14.3. The molecule has 1 aliphatic rings. The molecule has 0 bridgehead atoms. The number of carbonyl (C=O) groups excluding carboxylic acids is 2. The molecular weight excluding hydrogens is 318 g/mol. The van der Waals surface area contributed by atoms with Crippen LogP contribution in [-0.4, -0.2) is 50.8 Å². The molecular formula is C19H21N3O3. The maximum atomic E-state index is 12.7. The molecule has 130 valence electrons. The van der Waals surface area contributed by atoms with E-state index in [1.54, 1.807) is 17.9 Å². The van der Waals surface area contributed by atoms with E-state index in [0.717, 1.165) is 11.1 Å². The van der Waals surface area contributed by atoms with Gasteiger partial charge in [-0.05, 0) is 31.5 Å². The monoisotopic (exact) mass is 339 g/mol. The number of benzene rings is 1. The summed E-state index contributed by atoms with van der Waals surface area (Å²) >= 11 is 0. The van der Waals surface area contributed by atoms with E-state index in [1.165, 1.54) is 17.2 Å². The zero-order valence-corrected chi connectivity index (χ0v) is 14.3. The normalized spacial score (nSPS) is 17.7. The van der Waals surface area contributed by atoms with Gasteiger partial charge in [0.05, 0.1) is 0 Å². The van der Waals surface area contributed by atoms with Crippen LogP contribution in [-0.2, 0) is 11.3 Å². The Morgan fingerprint density at radius 2 is 2.08 bits per heavy atom. The molecule has 0 saturated carbocycles. The summed E-state index contributed by atoms with van der Waals surface area (Å²) in [5, 5.41) is 9.83. The number of aryl methyl sites for hydroxylation is 1. The lowest BCUT2D eigenvalue weighted by molar-refractivity contribution is -0.140. The average Bonchev–Trinajstić information content (AvgIpc) is 2.59. The van der Waals surface area contributed by atoms with Crippen LogP contribution in [0.4, 0.5) is 0 Å². The first-order chi connectivity index (χ1) is 12.0. The second kappa shape index (κ2) is 6.93. The Balaban J connectivity index is 1.73. The van der Waals surface area contributed by atoms with Gasteiger partial charge in [0.1, 0.15) is 11.8 Å². The van der Waals surface area contributed by atoms with Crippen molar-refractivity contribution < 1.29 is 14.7 Å². The quantitative estimate of drug-likeness (QED) is 0.928. The molecule has 6 heteroatoms. The molecule has 25 heavy (non-hydrogen) atoms. The third kappa shape index (κ3) is 3.47. The molecule has 1 aliphatic heterocycles. The highest BCUT2D eigenvalue weighted by Crippen LogP contribution is 2.20. The van der Waals surface area contributed by atoms with Gasteiger partial charge >= 0.3 is 0 Å². The maximum absolute atomic E-state index is 12.7. The highest BCUT2D eigenvalue weighted by Gasteiger charge is 2.35. The van der Waals surface area contributed by atoms with Crippen molar-refractivity contribution in [1.29, 1.82) is 0 Å². The number of amides is 2. The zero-order chi connectivity index (χ0) is 18.0. The highest BCUT2D eigenvalue weighted by atomic mass is 16.3. The Hall–Kier alpha value is -2.89. The van der Waals surface area contributed by atoms with Crippen LogP contribution in [0.5, 0.6) is 5.75 Å². The van der Waals surface area contributed by atoms with E-state index in [2.05, 4.69) is 11.1 Å². The van der Waals surface area contributed by atoms with E-state index < -0.39 is 11.9 Å². The summed E-state index contributed by atoms with van der Waals surface area (Å²) in [5.41, 5.74) is 2.20. The van der Waals surface area contributed by atoms with E-state index in [1.807, 2.05) is 25.1 Å². The first kappa shape index (κ1) is 17.0. The van der Waals surface area contributed by atoms with Gasteiger partial charge in [0.25, 0.3) is 5.91 Å². The SMILES string of the molecule is Cc1cccc(CN2CCN(C(=O)c3ncccc3O)[C@@H](C)C2=O)c1. The molecule has 0 aliphatic carbocycles. The van der Waals surface area contributed by atoms with Crippen molar-refractivity contribution in [2.45, 2.75) is 26.4 Å². The molecule has 1 aromatic heterocycles. The summed E-state index contributed by atoms with van der Waals surface area (Å²) in [5.74, 6) is -0.694. The first-order valence-corrected chi connectivity index (χ1v) is 8.26. The summed E-state index contributed by atoms with van der Waals surface area (Å²) in [4.78, 5) is 32.5. The Morgan fingerprint density at radius 1 is 1.28 bits per heavy atom. The minimum Gasteiger partial charge on any atom is -0.505 e. The lowest BCUT2D eigenvalue weighted by Crippen LogP contribution is -2.57. The predicted molar refractivity (Wildman–Crippen MR) is 93.0 cm³/mol. The molecule has 6 nitrogen and oxygen atoms in total. The van der Waals surface area contributed by atoms with Crippen LogP contribution in [0.2, 0.25) is 0 Å². The molecule has 1 fully saturated rings. The van der Waals surface area contributed by atoms with Gasteiger partial charge in [-0.2, -0.15) is 0 Å². The van der Waals surface area contributed by atoms with Crippen molar-refractivity contribution in [3.8, 4) is 5.75 Å². The van der Waals surface area contributed by atoms with E-state index in [-0.39, 0.29) is 17.4 Å². The third-order valence-electron chi connectivity index (χ3n) is 4.45. The van der Waals surface area contributed by atoms with Crippen LogP contribution in [0.25, 0.3) is 0 Å². The molecule has 0 radical (unpaired) electrons. The van der Waals surface area contributed by atoms with E-state index in [9.17, 15) is 14.7 Å². The summed E-state index contributed by atoms with van der Waals surface area (Å²) < 4.78 is 0. The molecule has 1 N–H and O–H groups in total. The third-order valence-corrected chi connectivity index (χ3v) is 4.45. The van der Waals surface area contributed by atoms with E-state index in [4.69, 9.17) is 0 Å². The average molecular weight is 339 g/mol. The van der Waals surface area contributed by atoms with Crippen LogP contribution in [0, 0.1) is 6.92 Å². The Kier molecular flexibility index (Phi) is 4.70. The van der Waals surface area contributed by atoms with E-state index in [0.29, 0.717) is 19.6 Å². The molecule has 2 amide bonds. The van der Waals surface area contributed by atoms with Crippen LogP contribution < -0.4 is 0 Å². The van der Waals surface area contributed by atoms with Gasteiger partial charge in [0.2, 0.25) is 5.91 Å². The van der Waals surface area contributed by atoms with Crippen molar-refractivity contribution >= 4 is 11.8 Å². The van der Waals surface area contributed by atoms with Crippen molar-refractivity contribution in [3.05, 3.63) is 59.4 Å². The predicted octanol–water partition coefficient (Wildman–Crippen LogP) is 1.97. The number of aromatic nitrogens is 1. The Morgan fingerprint density at radius 3 is 2.80 bits per heavy atom. The fourth-order valence-electron chi connectivity index (χ4n) is 3.09. The van der Waals surface area contributed by atoms with Crippen LogP contribution in [0.15, 0.2) is 42.6 Å². The second-order valence-corrected chi connectivity index (χ2v) is 6.29.